The molecule has 3 rings (SSSR count). The molecular formula is C15H13ClN4. The van der Waals surface area contributed by atoms with Gasteiger partial charge in [0.25, 0.3) is 0 Å². The third-order valence-electron chi connectivity index (χ3n) is 3.05. The maximum Gasteiger partial charge on any atom is 0.181 e. The van der Waals surface area contributed by atoms with Crippen molar-refractivity contribution in [3.63, 3.8) is 0 Å². The quantitative estimate of drug-likeness (QED) is 0.733. The van der Waals surface area contributed by atoms with Gasteiger partial charge in [-0.1, -0.05) is 41.4 Å². The van der Waals surface area contributed by atoms with Gasteiger partial charge in [-0.3, -0.25) is 0 Å². The second-order valence-corrected chi connectivity index (χ2v) is 4.99. The molecular weight excluding hydrogens is 272 g/mol. The summed E-state index contributed by atoms with van der Waals surface area (Å²) in [5, 5.41) is 4.97. The predicted octanol–water partition coefficient (Wildman–Crippen LogP) is 3.48. The van der Waals surface area contributed by atoms with Gasteiger partial charge in [0.15, 0.2) is 5.82 Å². The lowest BCUT2D eigenvalue weighted by Crippen LogP contribution is -1.96. The molecule has 0 fully saturated rings. The summed E-state index contributed by atoms with van der Waals surface area (Å²) >= 11 is 6.02. The zero-order valence-corrected chi connectivity index (χ0v) is 11.7. The molecule has 1 aromatic heterocycles. The fraction of sp³-hybridized carbons (Fsp3) is 0.0667. The number of hydrogen-bond donors (Lipinski definition) is 1. The van der Waals surface area contributed by atoms with E-state index in [-0.39, 0.29) is 0 Å². The Morgan fingerprint density at radius 1 is 1.10 bits per heavy atom. The minimum absolute atomic E-state index is 0.509. The van der Waals surface area contributed by atoms with Crippen molar-refractivity contribution in [2.75, 3.05) is 5.73 Å². The van der Waals surface area contributed by atoms with Gasteiger partial charge < -0.3 is 5.73 Å². The number of rotatable bonds is 2. The van der Waals surface area contributed by atoms with Crippen molar-refractivity contribution in [2.24, 2.45) is 0 Å². The fourth-order valence-electron chi connectivity index (χ4n) is 1.88. The summed E-state index contributed by atoms with van der Waals surface area (Å²) in [6.45, 7) is 2.05. The van der Waals surface area contributed by atoms with Gasteiger partial charge in [-0.25, -0.2) is 9.67 Å². The van der Waals surface area contributed by atoms with E-state index in [0.29, 0.717) is 16.5 Å². The summed E-state index contributed by atoms with van der Waals surface area (Å²) in [5.74, 6) is 0.679. The summed E-state index contributed by atoms with van der Waals surface area (Å²) in [7, 11) is 0. The van der Waals surface area contributed by atoms with Gasteiger partial charge in [0.2, 0.25) is 0 Å². The largest absolute Gasteiger partial charge is 0.398 e. The molecule has 0 radical (unpaired) electrons. The normalized spacial score (nSPS) is 10.7. The second kappa shape index (κ2) is 4.98. The van der Waals surface area contributed by atoms with E-state index >= 15 is 0 Å². The van der Waals surface area contributed by atoms with Crippen LogP contribution in [0.3, 0.4) is 0 Å². The Morgan fingerprint density at radius 3 is 2.55 bits per heavy atom. The first-order valence-corrected chi connectivity index (χ1v) is 6.55. The number of aromatic nitrogens is 3. The highest BCUT2D eigenvalue weighted by Crippen LogP contribution is 2.22. The maximum atomic E-state index is 6.02. The summed E-state index contributed by atoms with van der Waals surface area (Å²) in [4.78, 5) is 4.32. The first kappa shape index (κ1) is 12.7. The van der Waals surface area contributed by atoms with Crippen LogP contribution >= 0.6 is 11.6 Å². The lowest BCUT2D eigenvalue weighted by Gasteiger charge is -2.03. The van der Waals surface area contributed by atoms with Crippen LogP contribution in [-0.4, -0.2) is 14.8 Å². The molecule has 1 heterocycles. The van der Waals surface area contributed by atoms with Crippen molar-refractivity contribution < 1.29 is 0 Å². The minimum Gasteiger partial charge on any atom is -0.398 e. The van der Waals surface area contributed by atoms with Crippen LogP contribution in [0.15, 0.2) is 48.8 Å². The van der Waals surface area contributed by atoms with Gasteiger partial charge >= 0.3 is 0 Å². The molecule has 0 bridgehead atoms. The van der Waals surface area contributed by atoms with Gasteiger partial charge in [0, 0.05) is 5.56 Å². The molecule has 20 heavy (non-hydrogen) atoms. The number of halogens is 1. The number of nitrogen functional groups attached to an aromatic ring is 1. The van der Waals surface area contributed by atoms with E-state index in [9.17, 15) is 0 Å². The van der Waals surface area contributed by atoms with Crippen LogP contribution in [0, 0.1) is 6.92 Å². The van der Waals surface area contributed by atoms with Crippen LogP contribution in [0.5, 0.6) is 0 Å². The Kier molecular flexibility index (Phi) is 3.16. The molecule has 4 nitrogen and oxygen atoms in total. The molecule has 0 spiro atoms. The van der Waals surface area contributed by atoms with Crippen molar-refractivity contribution in [3.05, 3.63) is 59.4 Å². The van der Waals surface area contributed by atoms with Gasteiger partial charge in [-0.05, 0) is 25.1 Å². The summed E-state index contributed by atoms with van der Waals surface area (Å²) < 4.78 is 1.68. The summed E-state index contributed by atoms with van der Waals surface area (Å²) in [6, 6.07) is 13.5. The van der Waals surface area contributed by atoms with E-state index in [4.69, 9.17) is 17.3 Å². The van der Waals surface area contributed by atoms with Gasteiger partial charge in [0.1, 0.15) is 6.33 Å². The van der Waals surface area contributed by atoms with E-state index in [0.717, 1.165) is 11.3 Å². The number of benzene rings is 2. The van der Waals surface area contributed by atoms with Crippen LogP contribution in [-0.2, 0) is 0 Å². The van der Waals surface area contributed by atoms with Gasteiger partial charge in [-0.15, -0.1) is 5.10 Å². The molecule has 0 amide bonds. The van der Waals surface area contributed by atoms with E-state index in [1.54, 1.807) is 23.1 Å². The molecule has 2 aromatic carbocycles. The van der Waals surface area contributed by atoms with Gasteiger partial charge in [0.05, 0.1) is 16.4 Å². The van der Waals surface area contributed by atoms with Crippen LogP contribution in [0.2, 0.25) is 5.02 Å². The Morgan fingerprint density at radius 2 is 1.85 bits per heavy atom. The highest BCUT2D eigenvalue weighted by molar-refractivity contribution is 6.33. The monoisotopic (exact) mass is 284 g/mol. The summed E-state index contributed by atoms with van der Waals surface area (Å²) in [5.41, 5.74) is 9.27. The number of nitrogens with two attached hydrogens (primary N) is 1. The lowest BCUT2D eigenvalue weighted by atomic mass is 10.1. The molecule has 100 valence electrons. The first-order valence-electron chi connectivity index (χ1n) is 6.17. The Bertz CT molecular complexity index is 747. The molecule has 0 atom stereocenters. The molecule has 0 aliphatic carbocycles. The van der Waals surface area contributed by atoms with E-state index in [1.807, 2.05) is 37.3 Å². The maximum absolute atomic E-state index is 6.02. The SMILES string of the molecule is Cc1ccc(-c2ncn(-c3ccc(N)c(Cl)c3)n2)cc1. The Balaban J connectivity index is 1.97. The highest BCUT2D eigenvalue weighted by atomic mass is 35.5. The van der Waals surface area contributed by atoms with E-state index in [1.165, 1.54) is 5.56 Å². The topological polar surface area (TPSA) is 56.7 Å². The fourth-order valence-corrected chi connectivity index (χ4v) is 2.06. The van der Waals surface area contributed by atoms with Gasteiger partial charge in [-0.2, -0.15) is 0 Å². The molecule has 0 saturated carbocycles. The first-order chi connectivity index (χ1) is 9.63. The predicted molar refractivity (Wildman–Crippen MR) is 81.0 cm³/mol. The Labute approximate surface area is 121 Å². The number of aryl methyl sites for hydroxylation is 1. The van der Waals surface area contributed by atoms with Crippen LogP contribution in [0.1, 0.15) is 5.56 Å². The molecule has 0 aliphatic heterocycles. The molecule has 3 aromatic rings. The number of anilines is 1. The summed E-state index contributed by atoms with van der Waals surface area (Å²) in [6.07, 6.45) is 1.66. The Hall–Kier alpha value is -2.33. The smallest absolute Gasteiger partial charge is 0.181 e. The van der Waals surface area contributed by atoms with E-state index in [2.05, 4.69) is 10.1 Å². The second-order valence-electron chi connectivity index (χ2n) is 4.58. The van der Waals surface area contributed by atoms with E-state index < -0.39 is 0 Å². The molecule has 5 heteroatoms. The minimum atomic E-state index is 0.509. The molecule has 0 unspecified atom stereocenters. The van der Waals surface area contributed by atoms with Crippen molar-refractivity contribution >= 4 is 17.3 Å². The molecule has 0 saturated heterocycles. The average molecular weight is 285 g/mol. The lowest BCUT2D eigenvalue weighted by molar-refractivity contribution is 0.882. The standard InChI is InChI=1S/C15H13ClN4/c1-10-2-4-11(5-3-10)15-18-9-20(19-15)12-6-7-14(17)13(16)8-12/h2-9H,17H2,1H3. The van der Waals surface area contributed by atoms with Crippen molar-refractivity contribution in [3.8, 4) is 17.1 Å². The molecule has 0 aliphatic rings. The number of nitrogens with zero attached hydrogens (tertiary/aromatic N) is 3. The molecule has 2 N–H and O–H groups in total. The third-order valence-corrected chi connectivity index (χ3v) is 3.38. The van der Waals surface area contributed by atoms with Crippen LogP contribution in [0.4, 0.5) is 5.69 Å². The number of hydrogen-bond acceptors (Lipinski definition) is 3. The van der Waals surface area contributed by atoms with Crippen molar-refractivity contribution in [1.29, 1.82) is 0 Å². The highest BCUT2D eigenvalue weighted by Gasteiger charge is 2.06. The van der Waals surface area contributed by atoms with Crippen LogP contribution in [0.25, 0.3) is 17.1 Å². The zero-order valence-electron chi connectivity index (χ0n) is 10.9. The zero-order chi connectivity index (χ0) is 14.1. The average Bonchev–Trinajstić information content (AvgIpc) is 2.92. The third kappa shape index (κ3) is 2.38. The van der Waals surface area contributed by atoms with Crippen molar-refractivity contribution in [1.82, 2.24) is 14.8 Å². The van der Waals surface area contributed by atoms with Crippen molar-refractivity contribution in [2.45, 2.75) is 6.92 Å². The van der Waals surface area contributed by atoms with Crippen LogP contribution < -0.4 is 5.73 Å².